The number of amides is 1. The maximum Gasteiger partial charge on any atom is 0.410 e. The van der Waals surface area contributed by atoms with Gasteiger partial charge in [0.05, 0.1) is 0 Å². The highest BCUT2D eigenvalue weighted by Gasteiger charge is 2.45. The lowest BCUT2D eigenvalue weighted by atomic mass is 9.65. The zero-order valence-corrected chi connectivity index (χ0v) is 13.7. The van der Waals surface area contributed by atoms with Crippen molar-refractivity contribution in [3.63, 3.8) is 0 Å². The molecule has 1 fully saturated rings. The standard InChI is InChI=1S/C18H29NO2/c1-5-10-15-18(11-7-6-8-12-18)13-9-14-19(15)16(20)21-17(2,3)4/h5-7,15H,1,8-14H2,2-4H3. The average Bonchev–Trinajstić information content (AvgIpc) is 2.40. The summed E-state index contributed by atoms with van der Waals surface area (Å²) in [5, 5.41) is 0. The first-order valence-electron chi connectivity index (χ1n) is 8.13. The Morgan fingerprint density at radius 3 is 2.76 bits per heavy atom. The fraction of sp³-hybridized carbons (Fsp3) is 0.722. The molecule has 1 aliphatic carbocycles. The van der Waals surface area contributed by atoms with E-state index in [1.165, 1.54) is 12.8 Å². The van der Waals surface area contributed by atoms with E-state index in [0.29, 0.717) is 0 Å². The average molecular weight is 291 g/mol. The first kappa shape index (κ1) is 16.1. The van der Waals surface area contributed by atoms with Crippen molar-refractivity contribution in [1.29, 1.82) is 0 Å². The van der Waals surface area contributed by atoms with Crippen molar-refractivity contribution in [1.82, 2.24) is 4.90 Å². The van der Waals surface area contributed by atoms with Crippen LogP contribution in [0.25, 0.3) is 0 Å². The molecule has 21 heavy (non-hydrogen) atoms. The molecule has 118 valence electrons. The van der Waals surface area contributed by atoms with Crippen LogP contribution in [0, 0.1) is 5.41 Å². The number of likely N-dealkylation sites (tertiary alicyclic amines) is 1. The number of nitrogens with zero attached hydrogens (tertiary/aromatic N) is 1. The van der Waals surface area contributed by atoms with E-state index in [2.05, 4.69) is 18.7 Å². The second-order valence-electron chi connectivity index (χ2n) is 7.39. The molecule has 1 spiro atoms. The predicted octanol–water partition coefficient (Wildman–Crippen LogP) is 4.69. The minimum Gasteiger partial charge on any atom is -0.444 e. The van der Waals surface area contributed by atoms with Gasteiger partial charge < -0.3 is 9.64 Å². The van der Waals surface area contributed by atoms with E-state index in [0.717, 1.165) is 32.2 Å². The highest BCUT2D eigenvalue weighted by atomic mass is 16.6. The molecule has 2 atom stereocenters. The van der Waals surface area contributed by atoms with Crippen LogP contribution in [-0.4, -0.2) is 29.2 Å². The molecule has 1 heterocycles. The molecule has 3 nitrogen and oxygen atoms in total. The number of allylic oxidation sites excluding steroid dienone is 2. The number of piperidine rings is 1. The summed E-state index contributed by atoms with van der Waals surface area (Å²) in [5.41, 5.74) is -0.217. The molecule has 1 saturated heterocycles. The van der Waals surface area contributed by atoms with Gasteiger partial charge in [0.2, 0.25) is 0 Å². The van der Waals surface area contributed by atoms with Crippen LogP contribution < -0.4 is 0 Å². The summed E-state index contributed by atoms with van der Waals surface area (Å²) in [6.07, 6.45) is 12.8. The van der Waals surface area contributed by atoms with Crippen LogP contribution in [0.1, 0.15) is 59.3 Å². The Hall–Kier alpha value is -1.25. The molecular weight excluding hydrogens is 262 g/mol. The van der Waals surface area contributed by atoms with Gasteiger partial charge in [-0.3, -0.25) is 0 Å². The number of carbonyl (C=O) groups excluding carboxylic acids is 1. The van der Waals surface area contributed by atoms with Gasteiger partial charge in [0.15, 0.2) is 0 Å². The van der Waals surface area contributed by atoms with Gasteiger partial charge in [0, 0.05) is 12.6 Å². The summed E-state index contributed by atoms with van der Waals surface area (Å²) in [4.78, 5) is 14.5. The molecule has 2 aliphatic rings. The third-order valence-corrected chi connectivity index (χ3v) is 4.67. The highest BCUT2D eigenvalue weighted by molar-refractivity contribution is 5.69. The van der Waals surface area contributed by atoms with Gasteiger partial charge in [-0.15, -0.1) is 6.58 Å². The van der Waals surface area contributed by atoms with E-state index in [-0.39, 0.29) is 17.6 Å². The van der Waals surface area contributed by atoms with Crippen molar-refractivity contribution in [2.45, 2.75) is 70.9 Å². The molecule has 2 unspecified atom stereocenters. The van der Waals surface area contributed by atoms with Crippen LogP contribution in [0.5, 0.6) is 0 Å². The highest BCUT2D eigenvalue weighted by Crippen LogP contribution is 2.47. The van der Waals surface area contributed by atoms with Crippen molar-refractivity contribution in [3.05, 3.63) is 24.8 Å². The lowest BCUT2D eigenvalue weighted by molar-refractivity contribution is -0.0271. The molecule has 0 N–H and O–H groups in total. The molecule has 0 aromatic heterocycles. The summed E-state index contributed by atoms with van der Waals surface area (Å²) in [5.74, 6) is 0. The van der Waals surface area contributed by atoms with Crippen LogP contribution in [0.4, 0.5) is 4.79 Å². The second kappa shape index (κ2) is 6.25. The Morgan fingerprint density at radius 1 is 1.43 bits per heavy atom. The quantitative estimate of drug-likeness (QED) is 0.691. The summed E-state index contributed by atoms with van der Waals surface area (Å²) < 4.78 is 5.62. The smallest absolute Gasteiger partial charge is 0.410 e. The Labute approximate surface area is 129 Å². The minimum absolute atomic E-state index is 0.164. The van der Waals surface area contributed by atoms with Gasteiger partial charge in [-0.1, -0.05) is 18.2 Å². The van der Waals surface area contributed by atoms with E-state index >= 15 is 0 Å². The molecule has 0 aromatic carbocycles. The Balaban J connectivity index is 2.21. The van der Waals surface area contributed by atoms with Crippen molar-refractivity contribution in [2.24, 2.45) is 5.41 Å². The summed E-state index contributed by atoms with van der Waals surface area (Å²) in [6, 6.07) is 0.226. The normalized spacial score (nSPS) is 29.5. The minimum atomic E-state index is -0.438. The molecule has 0 bridgehead atoms. The zero-order valence-electron chi connectivity index (χ0n) is 13.7. The van der Waals surface area contributed by atoms with Gasteiger partial charge in [-0.25, -0.2) is 4.79 Å². The Morgan fingerprint density at radius 2 is 2.19 bits per heavy atom. The lowest BCUT2D eigenvalue weighted by Gasteiger charge is -2.50. The molecule has 0 radical (unpaired) electrons. The molecule has 3 heteroatoms. The van der Waals surface area contributed by atoms with Gasteiger partial charge in [0.1, 0.15) is 5.60 Å². The molecule has 1 amide bonds. The number of ether oxygens (including phenoxy) is 1. The van der Waals surface area contributed by atoms with Crippen molar-refractivity contribution in [3.8, 4) is 0 Å². The zero-order chi connectivity index (χ0) is 15.5. The van der Waals surface area contributed by atoms with Crippen LogP contribution in [0.3, 0.4) is 0 Å². The van der Waals surface area contributed by atoms with E-state index in [9.17, 15) is 4.79 Å². The summed E-state index contributed by atoms with van der Waals surface area (Å²) in [7, 11) is 0. The number of carbonyl (C=O) groups is 1. The monoisotopic (exact) mass is 291 g/mol. The molecular formula is C18H29NO2. The third-order valence-electron chi connectivity index (χ3n) is 4.67. The molecule has 2 rings (SSSR count). The van der Waals surface area contributed by atoms with E-state index in [4.69, 9.17) is 4.74 Å². The van der Waals surface area contributed by atoms with Crippen LogP contribution in [0.15, 0.2) is 24.8 Å². The lowest BCUT2D eigenvalue weighted by Crippen LogP contribution is -2.55. The van der Waals surface area contributed by atoms with Gasteiger partial charge >= 0.3 is 6.09 Å². The largest absolute Gasteiger partial charge is 0.444 e. The van der Waals surface area contributed by atoms with Crippen LogP contribution >= 0.6 is 0 Å². The molecule has 1 aliphatic heterocycles. The SMILES string of the molecule is C=CCC1N(C(=O)OC(C)(C)C)CCCC12CC=CCC2. The fourth-order valence-electron chi connectivity index (χ4n) is 3.77. The Kier molecular flexibility index (Phi) is 4.80. The predicted molar refractivity (Wildman–Crippen MR) is 86.2 cm³/mol. The van der Waals surface area contributed by atoms with E-state index in [1.807, 2.05) is 31.7 Å². The first-order valence-corrected chi connectivity index (χ1v) is 8.13. The summed E-state index contributed by atoms with van der Waals surface area (Å²) >= 11 is 0. The van der Waals surface area contributed by atoms with Gasteiger partial charge in [0.25, 0.3) is 0 Å². The maximum atomic E-state index is 12.6. The van der Waals surface area contributed by atoms with Gasteiger partial charge in [-0.05, 0) is 64.7 Å². The summed E-state index contributed by atoms with van der Waals surface area (Å²) in [6.45, 7) is 10.5. The molecule has 0 aromatic rings. The van der Waals surface area contributed by atoms with E-state index in [1.54, 1.807) is 0 Å². The van der Waals surface area contributed by atoms with Crippen LogP contribution in [-0.2, 0) is 4.74 Å². The Bertz CT molecular complexity index is 421. The van der Waals surface area contributed by atoms with Crippen molar-refractivity contribution < 1.29 is 9.53 Å². The number of hydrogen-bond donors (Lipinski definition) is 0. The van der Waals surface area contributed by atoms with Gasteiger partial charge in [-0.2, -0.15) is 0 Å². The number of rotatable bonds is 2. The van der Waals surface area contributed by atoms with E-state index < -0.39 is 5.60 Å². The maximum absolute atomic E-state index is 12.6. The molecule has 0 saturated carbocycles. The van der Waals surface area contributed by atoms with Crippen LogP contribution in [0.2, 0.25) is 0 Å². The van der Waals surface area contributed by atoms with Crippen molar-refractivity contribution >= 4 is 6.09 Å². The number of hydrogen-bond acceptors (Lipinski definition) is 2. The fourth-order valence-corrected chi connectivity index (χ4v) is 3.77. The topological polar surface area (TPSA) is 29.5 Å². The second-order valence-corrected chi connectivity index (χ2v) is 7.39. The first-order chi connectivity index (χ1) is 9.88. The van der Waals surface area contributed by atoms with Crippen molar-refractivity contribution in [2.75, 3.05) is 6.54 Å². The third kappa shape index (κ3) is 3.69.